The third kappa shape index (κ3) is 2.01. The Balaban J connectivity index is 2.55. The van der Waals surface area contributed by atoms with Crippen LogP contribution in [0, 0.1) is 0 Å². The van der Waals surface area contributed by atoms with Gasteiger partial charge >= 0.3 is 0 Å². The van der Waals surface area contributed by atoms with E-state index in [9.17, 15) is 0 Å². The van der Waals surface area contributed by atoms with E-state index in [4.69, 9.17) is 5.73 Å². The predicted octanol–water partition coefficient (Wildman–Crippen LogP) is 3.75. The molecule has 0 aromatic heterocycles. The maximum absolute atomic E-state index is 6.42. The average molecular weight is 231 g/mol. The van der Waals surface area contributed by atoms with Crippen LogP contribution in [-0.2, 0) is 10.8 Å². The Bertz CT molecular complexity index is 414. The summed E-state index contributed by atoms with van der Waals surface area (Å²) in [5, 5.41) is 0. The zero-order valence-corrected chi connectivity index (χ0v) is 11.8. The van der Waals surface area contributed by atoms with Crippen LogP contribution in [0.2, 0.25) is 0 Å². The summed E-state index contributed by atoms with van der Waals surface area (Å²) in [7, 11) is 0. The van der Waals surface area contributed by atoms with E-state index >= 15 is 0 Å². The molecule has 94 valence electrons. The van der Waals surface area contributed by atoms with Crippen molar-refractivity contribution in [2.24, 2.45) is 5.73 Å². The fraction of sp³-hybridized carbons (Fsp3) is 0.625. The molecule has 2 N–H and O–H groups in total. The van der Waals surface area contributed by atoms with Gasteiger partial charge in [0.05, 0.1) is 0 Å². The minimum Gasteiger partial charge on any atom is -0.325 e. The molecule has 1 aliphatic rings. The van der Waals surface area contributed by atoms with Gasteiger partial charge in [0.15, 0.2) is 0 Å². The van der Waals surface area contributed by atoms with E-state index in [1.807, 2.05) is 0 Å². The number of nitrogens with two attached hydrogens (primary N) is 1. The second-order valence-electron chi connectivity index (χ2n) is 7.10. The lowest BCUT2D eigenvalue weighted by atomic mass is 9.72. The number of hydrogen-bond donors (Lipinski definition) is 1. The van der Waals surface area contributed by atoms with E-state index < -0.39 is 0 Å². The molecule has 1 aliphatic carbocycles. The van der Waals surface area contributed by atoms with Gasteiger partial charge in [-0.05, 0) is 43.2 Å². The molecule has 1 fully saturated rings. The fourth-order valence-corrected chi connectivity index (χ4v) is 2.94. The van der Waals surface area contributed by atoms with E-state index in [1.54, 1.807) is 0 Å². The van der Waals surface area contributed by atoms with Crippen LogP contribution in [0.5, 0.6) is 0 Å². The summed E-state index contributed by atoms with van der Waals surface area (Å²) in [6.45, 7) is 11.2. The Hall–Kier alpha value is -0.820. The normalized spacial score (nSPS) is 19.2. The lowest BCUT2D eigenvalue weighted by Gasteiger charge is -2.35. The predicted molar refractivity (Wildman–Crippen MR) is 74.3 cm³/mol. The van der Waals surface area contributed by atoms with Gasteiger partial charge in [0.1, 0.15) is 0 Å². The molecule has 17 heavy (non-hydrogen) atoms. The lowest BCUT2D eigenvalue weighted by molar-refractivity contribution is 0.384. The zero-order valence-electron chi connectivity index (χ0n) is 11.8. The average Bonchev–Trinajstić information content (AvgIpc) is 2.95. The SMILES string of the molecule is CC(C)(C)c1ccccc1C1(C(C)(C)N)CC1. The van der Waals surface area contributed by atoms with Gasteiger partial charge in [-0.2, -0.15) is 0 Å². The highest BCUT2D eigenvalue weighted by Gasteiger charge is 2.54. The van der Waals surface area contributed by atoms with E-state index in [1.165, 1.54) is 24.0 Å². The molecule has 0 aliphatic heterocycles. The van der Waals surface area contributed by atoms with Crippen LogP contribution in [0.3, 0.4) is 0 Å². The Kier molecular flexibility index (Phi) is 2.66. The molecule has 0 atom stereocenters. The highest BCUT2D eigenvalue weighted by atomic mass is 14.8. The van der Waals surface area contributed by atoms with Crippen LogP contribution in [0.1, 0.15) is 58.6 Å². The molecule has 2 rings (SSSR count). The van der Waals surface area contributed by atoms with E-state index in [-0.39, 0.29) is 16.4 Å². The van der Waals surface area contributed by atoms with Crippen molar-refractivity contribution in [1.82, 2.24) is 0 Å². The second-order valence-corrected chi connectivity index (χ2v) is 7.10. The van der Waals surface area contributed by atoms with E-state index in [0.29, 0.717) is 0 Å². The molecule has 0 bridgehead atoms. The maximum Gasteiger partial charge on any atom is 0.0195 e. The van der Waals surface area contributed by atoms with Gasteiger partial charge in [-0.3, -0.25) is 0 Å². The first-order valence-electron chi connectivity index (χ1n) is 6.57. The van der Waals surface area contributed by atoms with Crippen molar-refractivity contribution in [1.29, 1.82) is 0 Å². The van der Waals surface area contributed by atoms with Gasteiger partial charge in [0.25, 0.3) is 0 Å². The molecule has 0 heterocycles. The van der Waals surface area contributed by atoms with Gasteiger partial charge in [-0.1, -0.05) is 45.0 Å². The summed E-state index contributed by atoms with van der Waals surface area (Å²) < 4.78 is 0. The second kappa shape index (κ2) is 3.58. The largest absolute Gasteiger partial charge is 0.325 e. The van der Waals surface area contributed by atoms with Gasteiger partial charge in [0.2, 0.25) is 0 Å². The Morgan fingerprint density at radius 1 is 1.00 bits per heavy atom. The topological polar surface area (TPSA) is 26.0 Å². The molecule has 0 saturated heterocycles. The van der Waals surface area contributed by atoms with Gasteiger partial charge in [-0.15, -0.1) is 0 Å². The highest BCUT2D eigenvalue weighted by molar-refractivity contribution is 5.45. The Labute approximate surface area is 105 Å². The van der Waals surface area contributed by atoms with Crippen LogP contribution in [0.4, 0.5) is 0 Å². The molecule has 0 unspecified atom stereocenters. The quantitative estimate of drug-likeness (QED) is 0.824. The van der Waals surface area contributed by atoms with Crippen LogP contribution in [-0.4, -0.2) is 5.54 Å². The first-order valence-corrected chi connectivity index (χ1v) is 6.57. The third-order valence-corrected chi connectivity index (χ3v) is 4.23. The molecule has 1 aromatic rings. The molecule has 1 heteroatoms. The molecular weight excluding hydrogens is 206 g/mol. The number of benzene rings is 1. The zero-order chi connectivity index (χ0) is 12.9. The van der Waals surface area contributed by atoms with Crippen molar-refractivity contribution in [3.8, 4) is 0 Å². The summed E-state index contributed by atoms with van der Waals surface area (Å²) >= 11 is 0. The summed E-state index contributed by atoms with van der Waals surface area (Å²) in [5.41, 5.74) is 9.61. The first-order chi connectivity index (χ1) is 7.68. The van der Waals surface area contributed by atoms with Gasteiger partial charge in [0, 0.05) is 11.0 Å². The fourth-order valence-electron chi connectivity index (χ4n) is 2.94. The van der Waals surface area contributed by atoms with Gasteiger partial charge in [-0.25, -0.2) is 0 Å². The molecule has 1 aromatic carbocycles. The summed E-state index contributed by atoms with van der Waals surface area (Å²) in [6, 6.07) is 8.84. The van der Waals surface area contributed by atoms with E-state index in [0.717, 1.165) is 0 Å². The molecule has 0 amide bonds. The van der Waals surface area contributed by atoms with Crippen molar-refractivity contribution in [2.45, 2.75) is 63.8 Å². The minimum atomic E-state index is -0.131. The standard InChI is InChI=1S/C16H25N/c1-14(2,3)12-8-6-7-9-13(12)16(10-11-16)15(4,5)17/h6-9H,10-11,17H2,1-5H3. The van der Waals surface area contributed by atoms with E-state index in [2.05, 4.69) is 58.9 Å². The van der Waals surface area contributed by atoms with Crippen molar-refractivity contribution in [3.05, 3.63) is 35.4 Å². The first kappa shape index (κ1) is 12.6. The third-order valence-electron chi connectivity index (χ3n) is 4.23. The highest BCUT2D eigenvalue weighted by Crippen LogP contribution is 2.56. The van der Waals surface area contributed by atoms with Crippen LogP contribution in [0.25, 0.3) is 0 Å². The summed E-state index contributed by atoms with van der Waals surface area (Å²) in [6.07, 6.45) is 2.45. The molecule has 1 nitrogen and oxygen atoms in total. The van der Waals surface area contributed by atoms with Crippen LogP contribution >= 0.6 is 0 Å². The monoisotopic (exact) mass is 231 g/mol. The molecular formula is C16H25N. The van der Waals surface area contributed by atoms with Crippen molar-refractivity contribution in [2.75, 3.05) is 0 Å². The van der Waals surface area contributed by atoms with Crippen molar-refractivity contribution >= 4 is 0 Å². The number of rotatable bonds is 2. The molecule has 0 spiro atoms. The Morgan fingerprint density at radius 3 is 1.94 bits per heavy atom. The Morgan fingerprint density at radius 2 is 1.53 bits per heavy atom. The minimum absolute atomic E-state index is 0.131. The molecule has 1 saturated carbocycles. The maximum atomic E-state index is 6.42. The van der Waals surface area contributed by atoms with Gasteiger partial charge < -0.3 is 5.73 Å². The van der Waals surface area contributed by atoms with Crippen LogP contribution < -0.4 is 5.73 Å². The summed E-state index contributed by atoms with van der Waals surface area (Å²) in [5.74, 6) is 0. The van der Waals surface area contributed by atoms with Crippen molar-refractivity contribution in [3.63, 3.8) is 0 Å². The smallest absolute Gasteiger partial charge is 0.0195 e. The number of hydrogen-bond acceptors (Lipinski definition) is 1. The van der Waals surface area contributed by atoms with Crippen LogP contribution in [0.15, 0.2) is 24.3 Å². The summed E-state index contributed by atoms with van der Waals surface area (Å²) in [4.78, 5) is 0. The lowest BCUT2D eigenvalue weighted by Crippen LogP contribution is -2.46. The van der Waals surface area contributed by atoms with Crippen molar-refractivity contribution < 1.29 is 0 Å². The molecule has 0 radical (unpaired) electrons.